The van der Waals surface area contributed by atoms with Crippen molar-refractivity contribution in [2.45, 2.75) is 39.5 Å². The van der Waals surface area contributed by atoms with E-state index in [2.05, 4.69) is 65.8 Å². The van der Waals surface area contributed by atoms with E-state index >= 15 is 0 Å². The molecule has 0 saturated carbocycles. The molecule has 86 valence electrons. The second-order valence-electron chi connectivity index (χ2n) is 4.97. The maximum absolute atomic E-state index is 4.49. The SMILES string of the molecule is CCc1nc2cc(C(C)(C)C)cc(Br)n2n1. The highest BCUT2D eigenvalue weighted by molar-refractivity contribution is 9.10. The first-order chi connectivity index (χ1) is 7.41. The summed E-state index contributed by atoms with van der Waals surface area (Å²) in [5.41, 5.74) is 2.31. The third kappa shape index (κ3) is 1.98. The first kappa shape index (κ1) is 11.6. The highest BCUT2D eigenvalue weighted by Crippen LogP contribution is 2.26. The summed E-state index contributed by atoms with van der Waals surface area (Å²) in [6.07, 6.45) is 0.860. The fourth-order valence-corrected chi connectivity index (χ4v) is 2.08. The van der Waals surface area contributed by atoms with E-state index in [-0.39, 0.29) is 5.41 Å². The molecule has 16 heavy (non-hydrogen) atoms. The van der Waals surface area contributed by atoms with Gasteiger partial charge in [0.2, 0.25) is 0 Å². The van der Waals surface area contributed by atoms with Gasteiger partial charge in [-0.05, 0) is 39.0 Å². The van der Waals surface area contributed by atoms with Crippen LogP contribution < -0.4 is 0 Å². The van der Waals surface area contributed by atoms with Gasteiger partial charge in [0.05, 0.1) is 0 Å². The Morgan fingerprint density at radius 2 is 2.00 bits per heavy atom. The monoisotopic (exact) mass is 281 g/mol. The molecule has 3 nitrogen and oxygen atoms in total. The molecular formula is C12H16BrN3. The number of fused-ring (bicyclic) bond motifs is 1. The summed E-state index contributed by atoms with van der Waals surface area (Å²) in [5, 5.41) is 4.41. The lowest BCUT2D eigenvalue weighted by atomic mass is 9.88. The van der Waals surface area contributed by atoms with Gasteiger partial charge in [-0.15, -0.1) is 0 Å². The molecule has 0 unspecified atom stereocenters. The van der Waals surface area contributed by atoms with E-state index in [9.17, 15) is 0 Å². The van der Waals surface area contributed by atoms with Crippen LogP contribution in [0.2, 0.25) is 0 Å². The molecule has 0 N–H and O–H groups in total. The second-order valence-corrected chi connectivity index (χ2v) is 5.78. The van der Waals surface area contributed by atoms with Crippen molar-refractivity contribution in [3.05, 3.63) is 28.1 Å². The van der Waals surface area contributed by atoms with E-state index < -0.39 is 0 Å². The van der Waals surface area contributed by atoms with Crippen molar-refractivity contribution in [1.29, 1.82) is 0 Å². The molecule has 2 aromatic rings. The Balaban J connectivity index is 2.67. The molecule has 0 fully saturated rings. The van der Waals surface area contributed by atoms with Crippen molar-refractivity contribution < 1.29 is 0 Å². The zero-order chi connectivity index (χ0) is 11.9. The molecule has 2 aromatic heterocycles. The zero-order valence-corrected chi connectivity index (χ0v) is 11.7. The lowest BCUT2D eigenvalue weighted by Crippen LogP contribution is -2.12. The molecule has 0 aliphatic rings. The maximum atomic E-state index is 4.49. The molecule has 0 aliphatic carbocycles. The highest BCUT2D eigenvalue weighted by Gasteiger charge is 2.16. The van der Waals surface area contributed by atoms with Crippen molar-refractivity contribution in [3.8, 4) is 0 Å². The van der Waals surface area contributed by atoms with Crippen LogP contribution in [0.1, 0.15) is 39.1 Å². The third-order valence-electron chi connectivity index (χ3n) is 2.62. The van der Waals surface area contributed by atoms with Crippen LogP contribution in [0.15, 0.2) is 16.7 Å². The normalized spacial score (nSPS) is 12.3. The topological polar surface area (TPSA) is 30.2 Å². The van der Waals surface area contributed by atoms with Gasteiger partial charge >= 0.3 is 0 Å². The smallest absolute Gasteiger partial charge is 0.157 e. The number of hydrogen-bond acceptors (Lipinski definition) is 2. The number of aryl methyl sites for hydroxylation is 1. The maximum Gasteiger partial charge on any atom is 0.157 e. The average Bonchev–Trinajstić information content (AvgIpc) is 2.59. The van der Waals surface area contributed by atoms with Gasteiger partial charge in [0.25, 0.3) is 0 Å². The summed E-state index contributed by atoms with van der Waals surface area (Å²) >= 11 is 3.54. The van der Waals surface area contributed by atoms with Crippen LogP contribution in [-0.4, -0.2) is 14.6 Å². The molecular weight excluding hydrogens is 266 g/mol. The van der Waals surface area contributed by atoms with Gasteiger partial charge < -0.3 is 0 Å². The van der Waals surface area contributed by atoms with Crippen molar-refractivity contribution >= 4 is 21.6 Å². The van der Waals surface area contributed by atoms with Crippen LogP contribution in [0.5, 0.6) is 0 Å². The van der Waals surface area contributed by atoms with Gasteiger partial charge in [-0.3, -0.25) is 0 Å². The van der Waals surface area contributed by atoms with Gasteiger partial charge in [-0.2, -0.15) is 5.10 Å². The lowest BCUT2D eigenvalue weighted by Gasteiger charge is -2.19. The van der Waals surface area contributed by atoms with E-state index in [1.807, 2.05) is 4.52 Å². The fourth-order valence-electron chi connectivity index (χ4n) is 1.57. The minimum absolute atomic E-state index is 0.128. The van der Waals surface area contributed by atoms with Crippen LogP contribution in [0.3, 0.4) is 0 Å². The summed E-state index contributed by atoms with van der Waals surface area (Å²) in [5.74, 6) is 0.881. The van der Waals surface area contributed by atoms with Crippen LogP contribution in [0, 0.1) is 0 Å². The Hall–Kier alpha value is -0.900. The Bertz CT molecular complexity index is 523. The van der Waals surface area contributed by atoms with Crippen LogP contribution in [0.25, 0.3) is 5.65 Å². The molecule has 2 heterocycles. The zero-order valence-electron chi connectivity index (χ0n) is 10.1. The summed E-state index contributed by atoms with van der Waals surface area (Å²) in [6, 6.07) is 4.22. The molecule has 0 spiro atoms. The third-order valence-corrected chi connectivity index (χ3v) is 3.18. The number of nitrogens with zero attached hydrogens (tertiary/aromatic N) is 3. The quantitative estimate of drug-likeness (QED) is 0.751. The fraction of sp³-hybridized carbons (Fsp3) is 0.500. The van der Waals surface area contributed by atoms with E-state index in [0.717, 1.165) is 22.5 Å². The molecule has 0 aromatic carbocycles. The van der Waals surface area contributed by atoms with Gasteiger partial charge in [-0.1, -0.05) is 27.7 Å². The summed E-state index contributed by atoms with van der Waals surface area (Å²) in [4.78, 5) is 4.49. The molecule has 0 radical (unpaired) electrons. The number of pyridine rings is 1. The number of rotatable bonds is 1. The first-order valence-corrected chi connectivity index (χ1v) is 6.27. The van der Waals surface area contributed by atoms with Crippen LogP contribution in [-0.2, 0) is 11.8 Å². The molecule has 0 aliphatic heterocycles. The Labute approximate surface area is 104 Å². The Morgan fingerprint density at radius 3 is 2.56 bits per heavy atom. The summed E-state index contributed by atoms with van der Waals surface area (Å²) in [6.45, 7) is 8.65. The number of halogens is 1. The number of hydrogen-bond donors (Lipinski definition) is 0. The summed E-state index contributed by atoms with van der Waals surface area (Å²) < 4.78 is 2.80. The van der Waals surface area contributed by atoms with E-state index in [1.54, 1.807) is 0 Å². The molecule has 0 saturated heterocycles. The van der Waals surface area contributed by atoms with E-state index in [0.29, 0.717) is 0 Å². The van der Waals surface area contributed by atoms with Crippen molar-refractivity contribution in [1.82, 2.24) is 14.6 Å². The van der Waals surface area contributed by atoms with Crippen molar-refractivity contribution in [2.75, 3.05) is 0 Å². The van der Waals surface area contributed by atoms with E-state index in [4.69, 9.17) is 0 Å². The Morgan fingerprint density at radius 1 is 1.31 bits per heavy atom. The van der Waals surface area contributed by atoms with E-state index in [1.165, 1.54) is 5.56 Å². The predicted molar refractivity (Wildman–Crippen MR) is 68.8 cm³/mol. The molecule has 0 amide bonds. The van der Waals surface area contributed by atoms with Gasteiger partial charge in [0.15, 0.2) is 11.5 Å². The van der Waals surface area contributed by atoms with Crippen molar-refractivity contribution in [3.63, 3.8) is 0 Å². The van der Waals surface area contributed by atoms with Gasteiger partial charge in [0.1, 0.15) is 4.60 Å². The molecule has 0 bridgehead atoms. The number of aromatic nitrogens is 3. The first-order valence-electron chi connectivity index (χ1n) is 5.47. The second kappa shape index (κ2) is 3.84. The van der Waals surface area contributed by atoms with Gasteiger partial charge in [0, 0.05) is 6.42 Å². The minimum Gasteiger partial charge on any atom is -0.212 e. The Kier molecular flexibility index (Phi) is 2.78. The summed E-state index contributed by atoms with van der Waals surface area (Å²) in [7, 11) is 0. The largest absolute Gasteiger partial charge is 0.212 e. The predicted octanol–water partition coefficient (Wildman–Crippen LogP) is 3.35. The highest BCUT2D eigenvalue weighted by atomic mass is 79.9. The average molecular weight is 282 g/mol. The molecule has 0 atom stereocenters. The molecule has 4 heteroatoms. The minimum atomic E-state index is 0.128. The van der Waals surface area contributed by atoms with Gasteiger partial charge in [-0.25, -0.2) is 9.50 Å². The van der Waals surface area contributed by atoms with Crippen LogP contribution in [0.4, 0.5) is 0 Å². The standard InChI is InChI=1S/C12H16BrN3/c1-5-10-14-11-7-8(12(2,3)4)6-9(13)16(11)15-10/h6-7H,5H2,1-4H3. The lowest BCUT2D eigenvalue weighted by molar-refractivity contribution is 0.588. The van der Waals surface area contributed by atoms with Crippen LogP contribution >= 0.6 is 15.9 Å². The molecule has 2 rings (SSSR count). The van der Waals surface area contributed by atoms with Crippen molar-refractivity contribution in [2.24, 2.45) is 0 Å².